The molecule has 0 heterocycles. The van der Waals surface area contributed by atoms with Crippen LogP contribution >= 0.6 is 11.6 Å². The molecule has 3 aromatic carbocycles. The number of amides is 2. The first-order valence-corrected chi connectivity index (χ1v) is 11.2. The highest BCUT2D eigenvalue weighted by molar-refractivity contribution is 6.31. The second-order valence-corrected chi connectivity index (χ2v) is 7.86. The van der Waals surface area contributed by atoms with Crippen molar-refractivity contribution in [1.29, 1.82) is 5.26 Å². The van der Waals surface area contributed by atoms with Gasteiger partial charge in [0.25, 0.3) is 11.8 Å². The van der Waals surface area contributed by atoms with E-state index in [0.29, 0.717) is 40.1 Å². The van der Waals surface area contributed by atoms with E-state index in [9.17, 15) is 14.9 Å². The molecule has 0 aromatic heterocycles. The fraction of sp³-hybridized carbons (Fsp3) is 0.148. The Labute approximate surface area is 208 Å². The average Bonchev–Trinajstić information content (AvgIpc) is 2.85. The van der Waals surface area contributed by atoms with E-state index in [1.807, 2.05) is 26.0 Å². The molecule has 0 fully saturated rings. The van der Waals surface area contributed by atoms with Gasteiger partial charge in [0.2, 0.25) is 0 Å². The van der Waals surface area contributed by atoms with Crippen LogP contribution in [0, 0.1) is 18.3 Å². The van der Waals surface area contributed by atoms with Gasteiger partial charge in [0.05, 0.1) is 6.61 Å². The molecule has 8 heteroatoms. The van der Waals surface area contributed by atoms with Crippen LogP contribution in [0.3, 0.4) is 0 Å². The van der Waals surface area contributed by atoms with Crippen molar-refractivity contribution in [2.24, 2.45) is 0 Å². The van der Waals surface area contributed by atoms with Crippen LogP contribution in [0.2, 0.25) is 5.02 Å². The van der Waals surface area contributed by atoms with Gasteiger partial charge in [-0.3, -0.25) is 9.59 Å². The van der Waals surface area contributed by atoms with E-state index in [-0.39, 0.29) is 18.1 Å². The minimum absolute atomic E-state index is 0.0521. The SMILES string of the molecule is CCOc1ccc(NC(=O)/C(C#N)=C/c2ccc(OCC(=O)Nc3ccc(C)c(Cl)c3)cc2)cc1. The Morgan fingerprint density at radius 1 is 0.943 bits per heavy atom. The molecule has 0 saturated heterocycles. The summed E-state index contributed by atoms with van der Waals surface area (Å²) in [5.74, 6) is 0.314. The predicted molar refractivity (Wildman–Crippen MR) is 137 cm³/mol. The summed E-state index contributed by atoms with van der Waals surface area (Å²) in [4.78, 5) is 24.6. The molecule has 0 aliphatic heterocycles. The maximum atomic E-state index is 12.5. The lowest BCUT2D eigenvalue weighted by molar-refractivity contribution is -0.118. The molecule has 0 unspecified atom stereocenters. The van der Waals surface area contributed by atoms with Crippen molar-refractivity contribution < 1.29 is 19.1 Å². The number of nitrogens with one attached hydrogen (secondary N) is 2. The predicted octanol–water partition coefficient (Wildman–Crippen LogP) is 5.61. The quantitative estimate of drug-likeness (QED) is 0.300. The van der Waals surface area contributed by atoms with Crippen LogP contribution in [-0.2, 0) is 9.59 Å². The normalized spacial score (nSPS) is 10.7. The maximum Gasteiger partial charge on any atom is 0.266 e. The van der Waals surface area contributed by atoms with Crippen LogP contribution in [0.1, 0.15) is 18.1 Å². The second kappa shape index (κ2) is 12.3. The molecule has 0 aliphatic carbocycles. The molecular formula is C27H24ClN3O4. The maximum absolute atomic E-state index is 12.5. The summed E-state index contributed by atoms with van der Waals surface area (Å²) < 4.78 is 10.9. The van der Waals surface area contributed by atoms with E-state index in [1.54, 1.807) is 60.7 Å². The Balaban J connectivity index is 1.55. The van der Waals surface area contributed by atoms with Crippen molar-refractivity contribution >= 4 is 40.9 Å². The third-order valence-corrected chi connectivity index (χ3v) is 5.21. The van der Waals surface area contributed by atoms with Crippen LogP contribution in [0.4, 0.5) is 11.4 Å². The van der Waals surface area contributed by atoms with Gasteiger partial charge in [-0.05, 0) is 79.6 Å². The number of rotatable bonds is 9. The zero-order chi connectivity index (χ0) is 25.2. The van der Waals surface area contributed by atoms with Crippen molar-refractivity contribution in [3.63, 3.8) is 0 Å². The number of ether oxygens (including phenoxy) is 2. The first-order chi connectivity index (χ1) is 16.9. The molecule has 0 saturated carbocycles. The van der Waals surface area contributed by atoms with Gasteiger partial charge in [0, 0.05) is 16.4 Å². The first kappa shape index (κ1) is 25.3. The molecule has 0 atom stereocenters. The highest BCUT2D eigenvalue weighted by Gasteiger charge is 2.10. The van der Waals surface area contributed by atoms with Crippen LogP contribution in [0.25, 0.3) is 6.08 Å². The Kier molecular flexibility index (Phi) is 8.88. The van der Waals surface area contributed by atoms with E-state index in [0.717, 1.165) is 5.56 Å². The number of nitrogens with zero attached hydrogens (tertiary/aromatic N) is 1. The van der Waals surface area contributed by atoms with Crippen molar-refractivity contribution in [3.05, 3.63) is 88.5 Å². The lowest BCUT2D eigenvalue weighted by Gasteiger charge is -2.09. The third kappa shape index (κ3) is 7.63. The topological polar surface area (TPSA) is 100 Å². The lowest BCUT2D eigenvalue weighted by Crippen LogP contribution is -2.20. The standard InChI is InChI=1S/C27H24ClN3O4/c1-3-34-23-12-8-21(9-13-23)31-27(33)20(16-29)14-19-5-10-24(11-6-19)35-17-26(32)30-22-7-4-18(2)25(28)15-22/h4-15H,3,17H2,1-2H3,(H,30,32)(H,31,33)/b20-14+. The van der Waals surface area contributed by atoms with E-state index >= 15 is 0 Å². The van der Waals surface area contributed by atoms with Gasteiger partial charge in [-0.1, -0.05) is 29.8 Å². The van der Waals surface area contributed by atoms with Gasteiger partial charge < -0.3 is 20.1 Å². The molecule has 0 radical (unpaired) electrons. The smallest absolute Gasteiger partial charge is 0.266 e. The zero-order valence-corrected chi connectivity index (χ0v) is 20.1. The molecule has 0 bridgehead atoms. The van der Waals surface area contributed by atoms with Crippen molar-refractivity contribution in [3.8, 4) is 17.6 Å². The number of anilines is 2. The summed E-state index contributed by atoms with van der Waals surface area (Å²) in [6.07, 6.45) is 1.47. The summed E-state index contributed by atoms with van der Waals surface area (Å²) in [6.45, 7) is 4.13. The van der Waals surface area contributed by atoms with Gasteiger partial charge in [-0.2, -0.15) is 5.26 Å². The molecule has 3 rings (SSSR count). The number of halogens is 1. The number of carbonyl (C=O) groups is 2. The van der Waals surface area contributed by atoms with Crippen LogP contribution in [0.15, 0.2) is 72.3 Å². The Bertz CT molecular complexity index is 1260. The van der Waals surface area contributed by atoms with Crippen molar-refractivity contribution in [2.75, 3.05) is 23.8 Å². The van der Waals surface area contributed by atoms with E-state index in [1.165, 1.54) is 6.08 Å². The molecule has 2 N–H and O–H groups in total. The highest BCUT2D eigenvalue weighted by Crippen LogP contribution is 2.21. The monoisotopic (exact) mass is 489 g/mol. The number of benzene rings is 3. The van der Waals surface area contributed by atoms with Gasteiger partial charge in [-0.25, -0.2) is 0 Å². The van der Waals surface area contributed by atoms with Gasteiger partial charge in [0.15, 0.2) is 6.61 Å². The fourth-order valence-corrected chi connectivity index (χ4v) is 3.17. The minimum Gasteiger partial charge on any atom is -0.494 e. The molecule has 178 valence electrons. The Hall–Kier alpha value is -4.28. The van der Waals surface area contributed by atoms with E-state index < -0.39 is 5.91 Å². The van der Waals surface area contributed by atoms with Crippen LogP contribution < -0.4 is 20.1 Å². The van der Waals surface area contributed by atoms with Gasteiger partial charge in [0.1, 0.15) is 23.1 Å². The average molecular weight is 490 g/mol. The summed E-state index contributed by atoms with van der Waals surface area (Å²) in [5.41, 5.74) is 2.64. The van der Waals surface area contributed by atoms with Crippen molar-refractivity contribution in [2.45, 2.75) is 13.8 Å². The number of nitriles is 1. The summed E-state index contributed by atoms with van der Waals surface area (Å²) in [5, 5.41) is 15.4. The number of hydrogen-bond acceptors (Lipinski definition) is 5. The van der Waals surface area contributed by atoms with Crippen molar-refractivity contribution in [1.82, 2.24) is 0 Å². The molecular weight excluding hydrogens is 466 g/mol. The van der Waals surface area contributed by atoms with E-state index in [4.69, 9.17) is 21.1 Å². The summed E-state index contributed by atoms with van der Waals surface area (Å²) in [6, 6.07) is 20.7. The van der Waals surface area contributed by atoms with Gasteiger partial charge >= 0.3 is 0 Å². The van der Waals surface area contributed by atoms with E-state index in [2.05, 4.69) is 10.6 Å². The summed E-state index contributed by atoms with van der Waals surface area (Å²) in [7, 11) is 0. The molecule has 35 heavy (non-hydrogen) atoms. The highest BCUT2D eigenvalue weighted by atomic mass is 35.5. The second-order valence-electron chi connectivity index (χ2n) is 7.45. The molecule has 0 spiro atoms. The number of hydrogen-bond donors (Lipinski definition) is 2. The van der Waals surface area contributed by atoms with Crippen LogP contribution in [0.5, 0.6) is 11.5 Å². The van der Waals surface area contributed by atoms with Gasteiger partial charge in [-0.15, -0.1) is 0 Å². The fourth-order valence-electron chi connectivity index (χ4n) is 2.99. The molecule has 2 amide bonds. The third-order valence-electron chi connectivity index (χ3n) is 4.80. The molecule has 0 aliphatic rings. The summed E-state index contributed by atoms with van der Waals surface area (Å²) >= 11 is 6.07. The largest absolute Gasteiger partial charge is 0.494 e. The Morgan fingerprint density at radius 3 is 2.20 bits per heavy atom. The number of aryl methyl sites for hydroxylation is 1. The van der Waals surface area contributed by atoms with Crippen LogP contribution in [-0.4, -0.2) is 25.0 Å². The Morgan fingerprint density at radius 2 is 1.57 bits per heavy atom. The minimum atomic E-state index is -0.523. The lowest BCUT2D eigenvalue weighted by atomic mass is 10.1. The first-order valence-electron chi connectivity index (χ1n) is 10.8. The molecule has 3 aromatic rings. The number of carbonyl (C=O) groups excluding carboxylic acids is 2. The zero-order valence-electron chi connectivity index (χ0n) is 19.3. The molecule has 7 nitrogen and oxygen atoms in total.